The zero-order valence-corrected chi connectivity index (χ0v) is 19.5. The van der Waals surface area contributed by atoms with Crippen LogP contribution < -0.4 is 10.0 Å². The fourth-order valence-electron chi connectivity index (χ4n) is 3.68. The Morgan fingerprint density at radius 2 is 2.10 bits per heavy atom. The minimum absolute atomic E-state index is 0.340. The average Bonchev–Trinajstić information content (AvgIpc) is 2.71. The fraction of sp³-hybridized carbons (Fsp3) is 0.667. The number of rotatable bonds is 12. The minimum Gasteiger partial charge on any atom is -0.355 e. The van der Waals surface area contributed by atoms with E-state index in [2.05, 4.69) is 21.9 Å². The van der Waals surface area contributed by atoms with E-state index in [1.807, 2.05) is 6.26 Å². The Bertz CT molecular complexity index is 777. The maximum absolute atomic E-state index is 13.9. The molecule has 0 bridgehead atoms. The molecule has 1 aromatic rings. The minimum atomic E-state index is -4.12. The second kappa shape index (κ2) is 12.6. The van der Waals surface area contributed by atoms with Gasteiger partial charge < -0.3 is 10.2 Å². The number of nitrogens with one attached hydrogen (secondary N) is 2. The monoisotopic (exact) mass is 459 g/mol. The number of halogens is 1. The van der Waals surface area contributed by atoms with Gasteiger partial charge in [0.25, 0.3) is 0 Å². The highest BCUT2D eigenvalue weighted by molar-refractivity contribution is 7.98. The number of likely N-dealkylation sites (tertiary alicyclic amines) is 1. The Morgan fingerprint density at radius 3 is 2.80 bits per heavy atom. The number of benzene rings is 1. The van der Waals surface area contributed by atoms with Crippen LogP contribution in [-0.2, 0) is 14.8 Å². The van der Waals surface area contributed by atoms with E-state index in [-0.39, 0.29) is 5.91 Å². The molecule has 1 amide bonds. The van der Waals surface area contributed by atoms with Crippen molar-refractivity contribution in [3.05, 3.63) is 30.1 Å². The van der Waals surface area contributed by atoms with Crippen molar-refractivity contribution in [3.8, 4) is 0 Å². The maximum atomic E-state index is 13.9. The number of nitrogens with zero attached hydrogens (tertiary/aromatic N) is 1. The van der Waals surface area contributed by atoms with E-state index in [1.54, 1.807) is 0 Å². The number of amides is 1. The topological polar surface area (TPSA) is 78.5 Å². The molecule has 1 aliphatic rings. The molecular weight excluding hydrogens is 425 g/mol. The normalized spacial score (nSPS) is 18.8. The van der Waals surface area contributed by atoms with Crippen molar-refractivity contribution in [1.29, 1.82) is 0 Å². The maximum Gasteiger partial charge on any atom is 0.244 e. The summed E-state index contributed by atoms with van der Waals surface area (Å²) < 4.78 is 41.4. The van der Waals surface area contributed by atoms with Gasteiger partial charge in [-0.1, -0.05) is 19.1 Å². The summed E-state index contributed by atoms with van der Waals surface area (Å²) in [5.74, 6) is 0.167. The number of hydrogen-bond acceptors (Lipinski definition) is 5. The van der Waals surface area contributed by atoms with E-state index in [0.717, 1.165) is 44.5 Å². The molecule has 30 heavy (non-hydrogen) atoms. The predicted octanol–water partition coefficient (Wildman–Crippen LogP) is 2.85. The average molecular weight is 460 g/mol. The van der Waals surface area contributed by atoms with Crippen molar-refractivity contribution in [2.24, 2.45) is 5.92 Å². The van der Waals surface area contributed by atoms with E-state index in [0.29, 0.717) is 18.7 Å². The summed E-state index contributed by atoms with van der Waals surface area (Å²) in [6.45, 7) is 6.09. The van der Waals surface area contributed by atoms with Gasteiger partial charge in [-0.3, -0.25) is 4.79 Å². The Kier molecular flexibility index (Phi) is 10.6. The molecule has 1 fully saturated rings. The highest BCUT2D eigenvalue weighted by Crippen LogP contribution is 2.16. The number of thioether (sulfide) groups is 1. The largest absolute Gasteiger partial charge is 0.355 e. The molecular formula is C21H34FN3O3S2. The lowest BCUT2D eigenvalue weighted by atomic mass is 10.0. The van der Waals surface area contributed by atoms with Crippen molar-refractivity contribution in [2.45, 2.75) is 50.0 Å². The highest BCUT2D eigenvalue weighted by atomic mass is 32.2. The highest BCUT2D eigenvalue weighted by Gasteiger charge is 2.27. The molecule has 2 unspecified atom stereocenters. The molecule has 9 heteroatoms. The van der Waals surface area contributed by atoms with Gasteiger partial charge in [0, 0.05) is 13.1 Å². The van der Waals surface area contributed by atoms with Crippen LogP contribution in [0.2, 0.25) is 0 Å². The van der Waals surface area contributed by atoms with Crippen LogP contribution >= 0.6 is 11.8 Å². The number of piperidine rings is 1. The molecule has 1 saturated heterocycles. The molecule has 170 valence electrons. The first-order valence-corrected chi connectivity index (χ1v) is 13.5. The number of hydrogen-bond donors (Lipinski definition) is 2. The third-order valence-corrected chi connectivity index (χ3v) is 7.44. The molecule has 0 spiro atoms. The first-order valence-electron chi connectivity index (χ1n) is 10.6. The number of unbranched alkanes of at least 4 members (excludes halogenated alkanes) is 1. The lowest BCUT2D eigenvalue weighted by molar-refractivity contribution is -0.122. The third kappa shape index (κ3) is 8.17. The summed E-state index contributed by atoms with van der Waals surface area (Å²) in [6.07, 6.45) is 6.60. The van der Waals surface area contributed by atoms with Crippen molar-refractivity contribution < 1.29 is 17.6 Å². The molecule has 0 radical (unpaired) electrons. The Hall–Kier alpha value is -1.16. The van der Waals surface area contributed by atoms with Gasteiger partial charge >= 0.3 is 0 Å². The Labute approximate surface area is 184 Å². The quantitative estimate of drug-likeness (QED) is 0.470. The van der Waals surface area contributed by atoms with Crippen molar-refractivity contribution in [2.75, 3.05) is 38.2 Å². The van der Waals surface area contributed by atoms with Crippen LogP contribution in [0.15, 0.2) is 29.2 Å². The number of sulfonamides is 1. The predicted molar refractivity (Wildman–Crippen MR) is 121 cm³/mol. The smallest absolute Gasteiger partial charge is 0.244 e. The second-order valence-corrected chi connectivity index (χ2v) is 10.6. The summed E-state index contributed by atoms with van der Waals surface area (Å²) in [4.78, 5) is 14.6. The fourth-order valence-corrected chi connectivity index (χ4v) is 5.46. The van der Waals surface area contributed by atoms with E-state index in [9.17, 15) is 17.6 Å². The second-order valence-electron chi connectivity index (χ2n) is 7.93. The zero-order valence-electron chi connectivity index (χ0n) is 17.9. The summed E-state index contributed by atoms with van der Waals surface area (Å²) in [5.41, 5.74) is 0. The van der Waals surface area contributed by atoms with Gasteiger partial charge in [-0.25, -0.2) is 12.8 Å². The standard InChI is InChI=1S/C21H34FN3O3S2/c1-17-8-7-14-25(16-17)13-6-5-12-23-21(26)19(11-15-29-2)24-30(27,28)20-10-4-3-9-18(20)22/h3-4,9-10,17,19,24H,5-8,11-16H2,1-2H3,(H,23,26). The van der Waals surface area contributed by atoms with Gasteiger partial charge in [-0.05, 0) is 75.3 Å². The summed E-state index contributed by atoms with van der Waals surface area (Å²) >= 11 is 1.53. The summed E-state index contributed by atoms with van der Waals surface area (Å²) in [7, 11) is -4.12. The van der Waals surface area contributed by atoms with Crippen LogP contribution in [0.4, 0.5) is 4.39 Å². The number of carbonyl (C=O) groups excluding carboxylic acids is 1. The number of carbonyl (C=O) groups is 1. The van der Waals surface area contributed by atoms with E-state index in [4.69, 9.17) is 0 Å². The zero-order chi connectivity index (χ0) is 22.0. The molecule has 1 aromatic carbocycles. The van der Waals surface area contributed by atoms with E-state index in [1.165, 1.54) is 42.8 Å². The molecule has 2 N–H and O–H groups in total. The van der Waals surface area contributed by atoms with Crippen LogP contribution in [0.5, 0.6) is 0 Å². The summed E-state index contributed by atoms with van der Waals surface area (Å²) in [6, 6.07) is 4.25. The van der Waals surface area contributed by atoms with Gasteiger partial charge in [0.2, 0.25) is 15.9 Å². The first kappa shape index (κ1) is 25.1. The van der Waals surface area contributed by atoms with Gasteiger partial charge in [-0.15, -0.1) is 0 Å². The SMILES string of the molecule is CSCCC(NS(=O)(=O)c1ccccc1F)C(=O)NCCCCN1CCCC(C)C1. The van der Waals surface area contributed by atoms with Crippen molar-refractivity contribution >= 4 is 27.7 Å². The molecule has 1 heterocycles. The molecule has 2 rings (SSSR count). The van der Waals surface area contributed by atoms with Crippen LogP contribution in [0.1, 0.15) is 39.0 Å². The molecule has 0 saturated carbocycles. The van der Waals surface area contributed by atoms with E-state index < -0.39 is 26.8 Å². The molecule has 2 atom stereocenters. The van der Waals surface area contributed by atoms with Crippen LogP contribution in [0, 0.1) is 11.7 Å². The molecule has 6 nitrogen and oxygen atoms in total. The molecule has 0 aliphatic carbocycles. The lowest BCUT2D eigenvalue weighted by Crippen LogP contribution is -2.47. The Balaban J connectivity index is 1.83. The lowest BCUT2D eigenvalue weighted by Gasteiger charge is -2.30. The van der Waals surface area contributed by atoms with Crippen molar-refractivity contribution in [3.63, 3.8) is 0 Å². The summed E-state index contributed by atoms with van der Waals surface area (Å²) in [5, 5.41) is 2.84. The van der Waals surface area contributed by atoms with Gasteiger partial charge in [0.05, 0.1) is 0 Å². The van der Waals surface area contributed by atoms with Crippen LogP contribution in [0.25, 0.3) is 0 Å². The molecule has 0 aromatic heterocycles. The Morgan fingerprint density at radius 1 is 1.33 bits per heavy atom. The van der Waals surface area contributed by atoms with Crippen molar-refractivity contribution in [1.82, 2.24) is 14.9 Å². The van der Waals surface area contributed by atoms with Gasteiger partial charge in [0.1, 0.15) is 16.8 Å². The molecule has 1 aliphatic heterocycles. The van der Waals surface area contributed by atoms with Gasteiger partial charge in [-0.2, -0.15) is 16.5 Å². The van der Waals surface area contributed by atoms with Gasteiger partial charge in [0.15, 0.2) is 0 Å². The van der Waals surface area contributed by atoms with E-state index >= 15 is 0 Å². The van der Waals surface area contributed by atoms with Crippen LogP contribution in [0.3, 0.4) is 0 Å². The third-order valence-electron chi connectivity index (χ3n) is 5.29. The van der Waals surface area contributed by atoms with Crippen LogP contribution in [-0.4, -0.2) is 63.5 Å². The first-order chi connectivity index (χ1) is 14.3.